The van der Waals surface area contributed by atoms with Crippen molar-refractivity contribution in [1.82, 2.24) is 0 Å². The predicted octanol–water partition coefficient (Wildman–Crippen LogP) is 3.44. The molecule has 2 nitrogen and oxygen atoms in total. The number of hydrogen-bond acceptors (Lipinski definition) is 2. The van der Waals surface area contributed by atoms with Gasteiger partial charge in [-0.05, 0) is 18.2 Å². The van der Waals surface area contributed by atoms with Crippen molar-refractivity contribution >= 4 is 32.5 Å². The van der Waals surface area contributed by atoms with Crippen molar-refractivity contribution in [2.24, 2.45) is 0 Å². The summed E-state index contributed by atoms with van der Waals surface area (Å²) in [6, 6.07) is 16.1. The summed E-state index contributed by atoms with van der Waals surface area (Å²) in [4.78, 5) is 12.6. The Bertz CT molecular complexity index is 581. The summed E-state index contributed by atoms with van der Waals surface area (Å²) < 4.78 is 12.9. The molecule has 0 bridgehead atoms. The molecule has 2 rings (SSSR count). The van der Waals surface area contributed by atoms with E-state index in [-0.39, 0.29) is 11.5 Å². The van der Waals surface area contributed by atoms with Crippen LogP contribution in [0, 0.1) is 0 Å². The van der Waals surface area contributed by atoms with Crippen LogP contribution in [-0.4, -0.2) is 15.7 Å². The second-order valence-corrected chi connectivity index (χ2v) is 6.10. The van der Waals surface area contributed by atoms with E-state index in [0.717, 1.165) is 4.47 Å². The van der Waals surface area contributed by atoms with E-state index in [0.29, 0.717) is 10.5 Å². The number of Topliss-reactive ketones (excluding diaryl/α,β-unsaturated/α-hetero) is 1. The summed E-state index contributed by atoms with van der Waals surface area (Å²) in [6.45, 7) is 0. The topological polar surface area (TPSA) is 34.1 Å². The van der Waals surface area contributed by atoms with Crippen LogP contribution in [0.2, 0.25) is 0 Å². The number of hydrogen-bond donors (Lipinski definition) is 0. The summed E-state index contributed by atoms with van der Waals surface area (Å²) in [5.74, 6) is -0.0885. The van der Waals surface area contributed by atoms with Crippen LogP contribution in [-0.2, 0) is 10.8 Å². The van der Waals surface area contributed by atoms with E-state index in [1.54, 1.807) is 36.4 Å². The largest absolute Gasteiger partial charge is 0.293 e. The number of benzene rings is 2. The Kier molecular flexibility index (Phi) is 4.44. The second-order valence-electron chi connectivity index (χ2n) is 3.74. The van der Waals surface area contributed by atoms with E-state index < -0.39 is 10.8 Å². The van der Waals surface area contributed by atoms with Crippen LogP contribution in [0.15, 0.2) is 64.0 Å². The lowest BCUT2D eigenvalue weighted by Crippen LogP contribution is -2.10. The van der Waals surface area contributed by atoms with E-state index in [1.165, 1.54) is 0 Å². The number of ketones is 1. The van der Waals surface area contributed by atoms with Crippen LogP contribution in [0.5, 0.6) is 0 Å². The van der Waals surface area contributed by atoms with Gasteiger partial charge in [-0.2, -0.15) is 0 Å². The third kappa shape index (κ3) is 3.37. The van der Waals surface area contributed by atoms with E-state index >= 15 is 0 Å². The zero-order valence-electron chi connectivity index (χ0n) is 9.51. The van der Waals surface area contributed by atoms with Crippen LogP contribution in [0.4, 0.5) is 0 Å². The monoisotopic (exact) mass is 322 g/mol. The first-order valence-corrected chi connectivity index (χ1v) is 7.50. The van der Waals surface area contributed by atoms with Gasteiger partial charge in [0.25, 0.3) is 0 Å². The van der Waals surface area contributed by atoms with Gasteiger partial charge in [0.05, 0.1) is 16.6 Å². The molecule has 0 saturated carbocycles. The smallest absolute Gasteiger partial charge is 0.175 e. The van der Waals surface area contributed by atoms with Crippen molar-refractivity contribution in [3.63, 3.8) is 0 Å². The van der Waals surface area contributed by atoms with Gasteiger partial charge in [-0.25, -0.2) is 0 Å². The standard InChI is InChI=1S/C14H11BrO2S/c15-12-7-4-8-13(9-12)18(17)10-14(16)11-5-2-1-3-6-11/h1-9H,10H2. The molecular weight excluding hydrogens is 312 g/mol. The Labute approximate surface area is 117 Å². The lowest BCUT2D eigenvalue weighted by Gasteiger charge is -2.02. The number of halogens is 1. The minimum Gasteiger partial charge on any atom is -0.293 e. The molecule has 0 saturated heterocycles. The molecule has 0 aliphatic carbocycles. The summed E-state index contributed by atoms with van der Waals surface area (Å²) in [7, 11) is -1.30. The Hall–Kier alpha value is -1.26. The molecule has 0 spiro atoms. The van der Waals surface area contributed by atoms with Crippen LogP contribution in [0.25, 0.3) is 0 Å². The maximum absolute atomic E-state index is 12.1. The van der Waals surface area contributed by atoms with Crippen LogP contribution in [0.1, 0.15) is 10.4 Å². The van der Waals surface area contributed by atoms with Crippen LogP contribution < -0.4 is 0 Å². The fourth-order valence-electron chi connectivity index (χ4n) is 1.52. The molecule has 0 aliphatic rings. The van der Waals surface area contributed by atoms with E-state index in [1.807, 2.05) is 18.2 Å². The van der Waals surface area contributed by atoms with Crippen molar-refractivity contribution in [3.8, 4) is 0 Å². The van der Waals surface area contributed by atoms with Gasteiger partial charge in [0, 0.05) is 14.9 Å². The first-order valence-electron chi connectivity index (χ1n) is 5.39. The molecular formula is C14H11BrO2S. The SMILES string of the molecule is O=C(CS(=O)c1cccc(Br)c1)c1ccccc1. The fraction of sp³-hybridized carbons (Fsp3) is 0.0714. The third-order valence-corrected chi connectivity index (χ3v) is 4.21. The van der Waals surface area contributed by atoms with Crippen LogP contribution >= 0.6 is 15.9 Å². The molecule has 0 fully saturated rings. The number of carbonyl (C=O) groups excluding carboxylic acids is 1. The Morgan fingerprint density at radius 1 is 1.06 bits per heavy atom. The minimum absolute atomic E-state index is 0.0144. The average molecular weight is 323 g/mol. The van der Waals surface area contributed by atoms with Crippen molar-refractivity contribution in [3.05, 3.63) is 64.6 Å². The van der Waals surface area contributed by atoms with Gasteiger partial charge < -0.3 is 0 Å². The van der Waals surface area contributed by atoms with E-state index in [2.05, 4.69) is 15.9 Å². The molecule has 0 aromatic heterocycles. The summed E-state index contributed by atoms with van der Waals surface area (Å²) in [5.41, 5.74) is 0.598. The van der Waals surface area contributed by atoms with E-state index in [9.17, 15) is 9.00 Å². The maximum Gasteiger partial charge on any atom is 0.175 e. The molecule has 0 radical (unpaired) electrons. The zero-order chi connectivity index (χ0) is 13.0. The summed E-state index contributed by atoms with van der Waals surface area (Å²) in [6.07, 6.45) is 0. The van der Waals surface area contributed by atoms with Crippen molar-refractivity contribution in [2.75, 3.05) is 5.75 Å². The first-order chi connectivity index (χ1) is 8.66. The molecule has 0 amide bonds. The third-order valence-electron chi connectivity index (χ3n) is 2.42. The Morgan fingerprint density at radius 2 is 1.78 bits per heavy atom. The second kappa shape index (κ2) is 6.07. The summed E-state index contributed by atoms with van der Waals surface area (Å²) in [5, 5.41) is 0. The van der Waals surface area contributed by atoms with Crippen molar-refractivity contribution < 1.29 is 9.00 Å². The summed E-state index contributed by atoms with van der Waals surface area (Å²) >= 11 is 3.32. The highest BCUT2D eigenvalue weighted by atomic mass is 79.9. The molecule has 0 heterocycles. The molecule has 1 atom stereocenters. The zero-order valence-corrected chi connectivity index (χ0v) is 11.9. The number of carbonyl (C=O) groups is 1. The van der Waals surface area contributed by atoms with Gasteiger partial charge in [-0.1, -0.05) is 52.3 Å². The van der Waals surface area contributed by atoms with E-state index in [4.69, 9.17) is 0 Å². The average Bonchev–Trinajstić information content (AvgIpc) is 2.39. The quantitative estimate of drug-likeness (QED) is 0.808. The maximum atomic E-state index is 12.1. The minimum atomic E-state index is -1.30. The fourth-order valence-corrected chi connectivity index (χ4v) is 3.13. The molecule has 2 aromatic rings. The molecule has 2 aromatic carbocycles. The highest BCUT2D eigenvalue weighted by Crippen LogP contribution is 2.15. The van der Waals surface area contributed by atoms with Gasteiger partial charge in [-0.15, -0.1) is 0 Å². The van der Waals surface area contributed by atoms with Crippen LogP contribution in [0.3, 0.4) is 0 Å². The van der Waals surface area contributed by atoms with Crippen molar-refractivity contribution in [1.29, 1.82) is 0 Å². The molecule has 1 unspecified atom stereocenters. The Balaban J connectivity index is 2.11. The molecule has 0 aliphatic heterocycles. The first kappa shape index (κ1) is 13.2. The highest BCUT2D eigenvalue weighted by molar-refractivity contribution is 9.10. The normalized spacial score (nSPS) is 12.1. The lowest BCUT2D eigenvalue weighted by atomic mass is 10.2. The predicted molar refractivity (Wildman–Crippen MR) is 76.2 cm³/mol. The molecule has 92 valence electrons. The molecule has 4 heteroatoms. The van der Waals surface area contributed by atoms with Gasteiger partial charge >= 0.3 is 0 Å². The Morgan fingerprint density at radius 3 is 2.44 bits per heavy atom. The molecule has 0 N–H and O–H groups in total. The van der Waals surface area contributed by atoms with Gasteiger partial charge in [0.2, 0.25) is 0 Å². The highest BCUT2D eigenvalue weighted by Gasteiger charge is 2.12. The molecule has 18 heavy (non-hydrogen) atoms. The lowest BCUT2D eigenvalue weighted by molar-refractivity contribution is 0.102. The van der Waals surface area contributed by atoms with Gasteiger partial charge in [-0.3, -0.25) is 9.00 Å². The van der Waals surface area contributed by atoms with Gasteiger partial charge in [0.15, 0.2) is 5.78 Å². The van der Waals surface area contributed by atoms with Crippen molar-refractivity contribution in [2.45, 2.75) is 4.90 Å². The number of rotatable bonds is 4. The van der Waals surface area contributed by atoms with Gasteiger partial charge in [0.1, 0.15) is 0 Å².